The summed E-state index contributed by atoms with van der Waals surface area (Å²) in [7, 11) is 0. The average Bonchev–Trinajstić information content (AvgIpc) is 3.63. The smallest absolute Gasteiger partial charge is 0.550 e. The zero-order valence-corrected chi connectivity index (χ0v) is 31.3. The first-order valence-corrected chi connectivity index (χ1v) is 14.4. The van der Waals surface area contributed by atoms with Gasteiger partial charge in [-0.3, -0.25) is 4.79 Å². The number of hydrogen-bond acceptors (Lipinski definition) is 8. The second-order valence-corrected chi connectivity index (χ2v) is 11.3. The molecule has 5 heterocycles. The van der Waals surface area contributed by atoms with Crippen LogP contribution in [0.15, 0.2) is 24.3 Å². The Morgan fingerprint density at radius 2 is 1.29 bits per heavy atom. The van der Waals surface area contributed by atoms with Gasteiger partial charge in [0.25, 0.3) is 0 Å². The van der Waals surface area contributed by atoms with Crippen LogP contribution in [0, 0.1) is 13.8 Å². The zero-order valence-electron chi connectivity index (χ0n) is 27.3. The van der Waals surface area contributed by atoms with Crippen LogP contribution < -0.4 is 69.3 Å². The van der Waals surface area contributed by atoms with Crippen LogP contribution in [-0.2, 0) is 16.0 Å². The van der Waals surface area contributed by atoms with Gasteiger partial charge in [0.15, 0.2) is 12.4 Å². The van der Waals surface area contributed by atoms with Gasteiger partial charge in [0.05, 0.1) is 28.3 Å². The number of aldehydes is 1. The summed E-state index contributed by atoms with van der Waals surface area (Å²) in [4.78, 5) is 50.4. The van der Waals surface area contributed by atoms with Crippen LogP contribution >= 0.6 is 0 Å². The molecule has 1 unspecified atom stereocenters. The summed E-state index contributed by atoms with van der Waals surface area (Å²) < 4.78 is 41.7. The van der Waals surface area contributed by atoms with E-state index in [9.17, 15) is 42.9 Å². The molecule has 3 aromatic heterocycles. The minimum absolute atomic E-state index is 0. The van der Waals surface area contributed by atoms with Crippen molar-refractivity contribution in [3.05, 3.63) is 69.3 Å². The van der Waals surface area contributed by atoms with Crippen LogP contribution in [0.25, 0.3) is 44.4 Å². The summed E-state index contributed by atoms with van der Waals surface area (Å²) in [5.41, 5.74) is 4.97. The van der Waals surface area contributed by atoms with Crippen molar-refractivity contribution in [3.8, 4) is 0 Å². The number of alkyl halides is 3. The molecule has 0 aromatic carbocycles. The number of allylic oxidation sites excluding steroid dienone is 3. The number of aliphatic hydroxyl groups excluding tert-OH is 1. The number of aliphatic hydroxyl groups is 1. The number of hydrogen-bond donors (Lipinski definition) is 3. The number of fused-ring (bicyclic) bond motifs is 8. The van der Waals surface area contributed by atoms with Gasteiger partial charge in [0.1, 0.15) is 0 Å². The Morgan fingerprint density at radius 1 is 0.792 bits per heavy atom. The fraction of sp³-hybridized carbons (Fsp3) is 0.303. The number of halogens is 3. The average molecular weight is 681 g/mol. The summed E-state index contributed by atoms with van der Waals surface area (Å²) in [6, 6.07) is 6.11. The van der Waals surface area contributed by atoms with Gasteiger partial charge in [-0.25, -0.2) is 9.97 Å². The summed E-state index contributed by atoms with van der Waals surface area (Å²) >= 11 is 0. The molecule has 0 fully saturated rings. The largest absolute Gasteiger partial charge is 1.00 e. The van der Waals surface area contributed by atoms with Crippen LogP contribution in [0.5, 0.6) is 0 Å². The molecule has 2 aliphatic heterocycles. The molecule has 1 atom stereocenters. The monoisotopic (exact) mass is 680 g/mol. The molecule has 48 heavy (non-hydrogen) atoms. The van der Waals surface area contributed by atoms with Crippen LogP contribution in [0.4, 0.5) is 13.2 Å². The van der Waals surface area contributed by atoms with Gasteiger partial charge in [-0.2, -0.15) is 13.2 Å². The maximum atomic E-state index is 13.9. The molecule has 15 heteroatoms. The Labute approximate surface area is 317 Å². The van der Waals surface area contributed by atoms with E-state index in [1.165, 1.54) is 19.1 Å². The van der Waals surface area contributed by atoms with E-state index in [4.69, 9.17) is 4.98 Å². The molecule has 0 spiro atoms. The number of aromatic amines is 2. The fourth-order valence-corrected chi connectivity index (χ4v) is 5.90. The van der Waals surface area contributed by atoms with Crippen molar-refractivity contribution in [2.45, 2.75) is 65.7 Å². The van der Waals surface area contributed by atoms with Crippen molar-refractivity contribution in [1.29, 1.82) is 0 Å². The Kier molecular flexibility index (Phi) is 12.5. The number of carboxylic acid groups (broad SMARTS) is 2. The molecule has 0 amide bonds. The standard InChI is InChI=1S/C33H31F3N4O6.2Na/c1-14-18(5-7-29(42)43)25-12-26-19(6-8-30(44)45)15(2)23(38-26)11-28-31(32(46)33(34,35)36)17(4)24(40-28)10-27-20(13-41)16(3)22(39-27)9-21(14)37-25;;/h9-13,32,38-39,46H,5-8H2,1-4H3,(H,42,43)(H,44,45);;/q;2*+1/p-2. The van der Waals surface area contributed by atoms with Crippen molar-refractivity contribution >= 4 is 62.6 Å². The molecule has 0 radical (unpaired) electrons. The molecule has 5 rings (SSSR count). The van der Waals surface area contributed by atoms with E-state index in [-0.39, 0.29) is 113 Å². The first-order chi connectivity index (χ1) is 21.6. The number of nitrogens with one attached hydrogen (secondary N) is 2. The van der Waals surface area contributed by atoms with E-state index in [0.29, 0.717) is 62.1 Å². The van der Waals surface area contributed by atoms with Gasteiger partial charge in [-0.15, -0.1) is 0 Å². The third-order valence-corrected chi connectivity index (χ3v) is 8.49. The van der Waals surface area contributed by atoms with Gasteiger partial charge in [-0.05, 0) is 111 Å². The number of aryl methyl sites for hydroxylation is 3. The number of nitrogens with zero attached hydrogens (tertiary/aromatic N) is 2. The third-order valence-electron chi connectivity index (χ3n) is 8.49. The van der Waals surface area contributed by atoms with E-state index < -0.39 is 29.8 Å². The maximum Gasteiger partial charge on any atom is 1.00 e. The number of H-pyrrole nitrogens is 2. The number of carbonyl (C=O) groups excluding carboxylic acids is 3. The zero-order chi connectivity index (χ0) is 33.7. The van der Waals surface area contributed by atoms with E-state index in [1.807, 2.05) is 0 Å². The van der Waals surface area contributed by atoms with Crippen molar-refractivity contribution in [3.63, 3.8) is 0 Å². The molecule has 0 saturated carbocycles. The number of aromatic nitrogens is 4. The summed E-state index contributed by atoms with van der Waals surface area (Å²) in [6.45, 7) is 6.54. The number of aliphatic carboxylic acids is 2. The fourth-order valence-electron chi connectivity index (χ4n) is 5.90. The quantitative estimate of drug-likeness (QED) is 0.177. The number of rotatable bonds is 8. The molecule has 3 aromatic rings. The number of carbonyl (C=O) groups is 3. The number of carboxylic acids is 2. The first-order valence-electron chi connectivity index (χ1n) is 14.4. The molecule has 3 N–H and O–H groups in total. The Hall–Kier alpha value is -3.04. The molecular formula is C33H29F3N4Na2O6. The van der Waals surface area contributed by atoms with Gasteiger partial charge < -0.3 is 34.9 Å². The van der Waals surface area contributed by atoms with Crippen molar-refractivity contribution < 1.29 is 102 Å². The SMILES string of the molecule is CC1=C(CCC(=O)[O-])c2cc3[nH]c(cc4nc(cc5[nH]c(cc1n2)c(C)c5C=O)C(C)=C4C(O)C(F)(F)F)c(C)c3CCC(=O)[O-].[Na+].[Na+]. The summed E-state index contributed by atoms with van der Waals surface area (Å²) in [6.07, 6.45) is -7.81. The molecule has 0 aliphatic carbocycles. The van der Waals surface area contributed by atoms with E-state index in [1.54, 1.807) is 32.9 Å². The molecule has 0 saturated heterocycles. The van der Waals surface area contributed by atoms with Gasteiger partial charge in [0.2, 0.25) is 0 Å². The van der Waals surface area contributed by atoms with Gasteiger partial charge in [0, 0.05) is 39.6 Å². The minimum Gasteiger partial charge on any atom is -0.550 e. The van der Waals surface area contributed by atoms with E-state index in [0.717, 1.165) is 0 Å². The molecule has 240 valence electrons. The second kappa shape index (κ2) is 15.2. The summed E-state index contributed by atoms with van der Waals surface area (Å²) in [5, 5.41) is 33.2. The molecule has 2 aliphatic rings. The van der Waals surface area contributed by atoms with Crippen LogP contribution in [0.2, 0.25) is 0 Å². The van der Waals surface area contributed by atoms with E-state index in [2.05, 4.69) is 15.0 Å². The molecule has 8 bridgehead atoms. The predicted octanol–water partition coefficient (Wildman–Crippen LogP) is -2.25. The van der Waals surface area contributed by atoms with Crippen molar-refractivity contribution in [1.82, 2.24) is 19.9 Å². The van der Waals surface area contributed by atoms with Crippen molar-refractivity contribution in [2.24, 2.45) is 0 Å². The maximum absolute atomic E-state index is 13.9. The van der Waals surface area contributed by atoms with Crippen LogP contribution in [0.1, 0.15) is 82.9 Å². The van der Waals surface area contributed by atoms with E-state index >= 15 is 0 Å². The van der Waals surface area contributed by atoms with Gasteiger partial charge >= 0.3 is 65.3 Å². The predicted molar refractivity (Wildman–Crippen MR) is 160 cm³/mol. The third kappa shape index (κ3) is 7.72. The first kappa shape index (κ1) is 39.4. The van der Waals surface area contributed by atoms with Gasteiger partial charge in [-0.1, -0.05) is 0 Å². The molecular weight excluding hydrogens is 651 g/mol. The molecule has 10 nitrogen and oxygen atoms in total. The van der Waals surface area contributed by atoms with Crippen LogP contribution in [-0.4, -0.2) is 55.5 Å². The Morgan fingerprint density at radius 3 is 1.90 bits per heavy atom. The summed E-state index contributed by atoms with van der Waals surface area (Å²) in [5.74, 6) is -2.56. The topological polar surface area (TPSA) is 175 Å². The Balaban J connectivity index is 0.00000312. The normalized spacial score (nSPS) is 13.6. The Bertz CT molecular complexity index is 2050. The van der Waals surface area contributed by atoms with Crippen LogP contribution in [0.3, 0.4) is 0 Å². The minimum atomic E-state index is -5.01. The van der Waals surface area contributed by atoms with Crippen molar-refractivity contribution in [2.75, 3.05) is 0 Å². The second-order valence-electron chi connectivity index (χ2n) is 11.3.